The van der Waals surface area contributed by atoms with Gasteiger partial charge in [0.05, 0.1) is 6.54 Å². The van der Waals surface area contributed by atoms with E-state index in [1.807, 2.05) is 85.8 Å². The molecular formula is C23H21N3O2. The number of anilines is 1. The molecule has 3 aromatic carbocycles. The summed E-state index contributed by atoms with van der Waals surface area (Å²) in [7, 11) is 0. The molecule has 0 fully saturated rings. The zero-order valence-corrected chi connectivity index (χ0v) is 15.6. The topological polar surface area (TPSA) is 60.2 Å². The van der Waals surface area contributed by atoms with Gasteiger partial charge in [-0.2, -0.15) is 0 Å². The van der Waals surface area contributed by atoms with Crippen LogP contribution in [0.25, 0.3) is 11.5 Å². The third-order valence-electron chi connectivity index (χ3n) is 4.28. The molecule has 0 atom stereocenters. The van der Waals surface area contributed by atoms with Gasteiger partial charge in [-0.25, -0.2) is 0 Å². The van der Waals surface area contributed by atoms with Crippen molar-refractivity contribution in [2.75, 3.05) is 5.32 Å². The third-order valence-corrected chi connectivity index (χ3v) is 4.28. The van der Waals surface area contributed by atoms with Gasteiger partial charge in [0.15, 0.2) is 0 Å². The SMILES string of the molecule is Cc1cccc(-c2nnc(CNc3ccc(OCc4ccccc4)cc3)o2)c1. The van der Waals surface area contributed by atoms with Crippen LogP contribution < -0.4 is 10.1 Å². The van der Waals surface area contributed by atoms with Crippen molar-refractivity contribution < 1.29 is 9.15 Å². The summed E-state index contributed by atoms with van der Waals surface area (Å²) in [6, 6.07) is 25.9. The Labute approximate surface area is 164 Å². The summed E-state index contributed by atoms with van der Waals surface area (Å²) >= 11 is 0. The van der Waals surface area contributed by atoms with Crippen LogP contribution >= 0.6 is 0 Å². The van der Waals surface area contributed by atoms with Crippen LogP contribution in [-0.4, -0.2) is 10.2 Å². The average molecular weight is 371 g/mol. The Morgan fingerprint density at radius 3 is 2.50 bits per heavy atom. The summed E-state index contributed by atoms with van der Waals surface area (Å²) in [5.74, 6) is 1.90. The number of aromatic nitrogens is 2. The smallest absolute Gasteiger partial charge is 0.247 e. The lowest BCUT2D eigenvalue weighted by molar-refractivity contribution is 0.306. The van der Waals surface area contributed by atoms with E-state index in [2.05, 4.69) is 15.5 Å². The second kappa shape index (κ2) is 8.39. The molecule has 0 saturated heterocycles. The highest BCUT2D eigenvalue weighted by molar-refractivity contribution is 5.53. The molecule has 0 amide bonds. The zero-order chi connectivity index (χ0) is 19.2. The van der Waals surface area contributed by atoms with Gasteiger partial charge >= 0.3 is 0 Å². The molecule has 0 aliphatic rings. The number of benzene rings is 3. The summed E-state index contributed by atoms with van der Waals surface area (Å²) in [5, 5.41) is 11.5. The molecule has 4 aromatic rings. The van der Waals surface area contributed by atoms with E-state index in [0.29, 0.717) is 24.9 Å². The number of rotatable bonds is 7. The van der Waals surface area contributed by atoms with E-state index in [1.165, 1.54) is 0 Å². The summed E-state index contributed by atoms with van der Waals surface area (Å²) in [6.45, 7) is 3.05. The van der Waals surface area contributed by atoms with Crippen molar-refractivity contribution in [2.24, 2.45) is 0 Å². The molecule has 0 spiro atoms. The van der Waals surface area contributed by atoms with Gasteiger partial charge in [-0.05, 0) is 48.9 Å². The van der Waals surface area contributed by atoms with Crippen LogP contribution in [0.2, 0.25) is 0 Å². The third kappa shape index (κ3) is 4.57. The van der Waals surface area contributed by atoms with Gasteiger partial charge in [0, 0.05) is 11.3 Å². The molecule has 0 radical (unpaired) electrons. The van der Waals surface area contributed by atoms with Crippen molar-refractivity contribution in [1.82, 2.24) is 10.2 Å². The van der Waals surface area contributed by atoms with Crippen molar-refractivity contribution in [3.8, 4) is 17.2 Å². The average Bonchev–Trinajstić information content (AvgIpc) is 3.21. The second-order valence-corrected chi connectivity index (χ2v) is 6.52. The summed E-state index contributed by atoms with van der Waals surface area (Å²) in [4.78, 5) is 0. The first-order valence-electron chi connectivity index (χ1n) is 9.16. The van der Waals surface area contributed by atoms with Gasteiger partial charge in [-0.3, -0.25) is 0 Å². The van der Waals surface area contributed by atoms with Gasteiger partial charge in [-0.15, -0.1) is 10.2 Å². The zero-order valence-electron chi connectivity index (χ0n) is 15.6. The lowest BCUT2D eigenvalue weighted by atomic mass is 10.1. The molecule has 28 heavy (non-hydrogen) atoms. The molecule has 0 saturated carbocycles. The van der Waals surface area contributed by atoms with Gasteiger partial charge in [0.1, 0.15) is 12.4 Å². The van der Waals surface area contributed by atoms with Crippen molar-refractivity contribution in [2.45, 2.75) is 20.1 Å². The van der Waals surface area contributed by atoms with E-state index in [9.17, 15) is 0 Å². The molecule has 1 N–H and O–H groups in total. The maximum atomic E-state index is 5.80. The van der Waals surface area contributed by atoms with Crippen LogP contribution in [0.4, 0.5) is 5.69 Å². The number of aryl methyl sites for hydroxylation is 1. The molecule has 4 rings (SSSR count). The lowest BCUT2D eigenvalue weighted by Gasteiger charge is -2.08. The normalized spacial score (nSPS) is 10.6. The first-order chi connectivity index (χ1) is 13.8. The van der Waals surface area contributed by atoms with Crippen LogP contribution in [0.15, 0.2) is 83.3 Å². The van der Waals surface area contributed by atoms with Gasteiger partial charge in [-0.1, -0.05) is 48.0 Å². The Kier molecular flexibility index (Phi) is 5.33. The molecule has 0 aliphatic carbocycles. The highest BCUT2D eigenvalue weighted by Gasteiger charge is 2.08. The molecule has 5 nitrogen and oxygen atoms in total. The Bertz CT molecular complexity index is 1030. The van der Waals surface area contributed by atoms with E-state index in [-0.39, 0.29) is 0 Å². The van der Waals surface area contributed by atoms with Gasteiger partial charge in [0.2, 0.25) is 11.8 Å². The highest BCUT2D eigenvalue weighted by Crippen LogP contribution is 2.20. The molecule has 0 aliphatic heterocycles. The maximum Gasteiger partial charge on any atom is 0.247 e. The lowest BCUT2D eigenvalue weighted by Crippen LogP contribution is -2.00. The Morgan fingerprint density at radius 2 is 1.71 bits per heavy atom. The fourth-order valence-corrected chi connectivity index (χ4v) is 2.81. The van der Waals surface area contributed by atoms with E-state index in [0.717, 1.165) is 28.1 Å². The number of hydrogen-bond donors (Lipinski definition) is 1. The Balaban J connectivity index is 1.31. The minimum atomic E-state index is 0.461. The quantitative estimate of drug-likeness (QED) is 0.482. The van der Waals surface area contributed by atoms with Crippen molar-refractivity contribution in [3.63, 3.8) is 0 Å². The Hall–Kier alpha value is -3.60. The number of nitrogens with zero attached hydrogens (tertiary/aromatic N) is 2. The minimum Gasteiger partial charge on any atom is -0.489 e. The first kappa shape index (κ1) is 17.8. The van der Waals surface area contributed by atoms with E-state index < -0.39 is 0 Å². The predicted molar refractivity (Wildman–Crippen MR) is 109 cm³/mol. The van der Waals surface area contributed by atoms with Crippen LogP contribution in [-0.2, 0) is 13.2 Å². The molecule has 5 heteroatoms. The molecule has 1 heterocycles. The van der Waals surface area contributed by atoms with Crippen LogP contribution in [0.1, 0.15) is 17.0 Å². The fourth-order valence-electron chi connectivity index (χ4n) is 2.81. The van der Waals surface area contributed by atoms with E-state index in [1.54, 1.807) is 0 Å². The maximum absolute atomic E-state index is 5.80. The van der Waals surface area contributed by atoms with Crippen LogP contribution in [0.3, 0.4) is 0 Å². The van der Waals surface area contributed by atoms with Gasteiger partial charge < -0.3 is 14.5 Å². The predicted octanol–water partition coefficient (Wildman–Crippen LogP) is 5.24. The largest absolute Gasteiger partial charge is 0.489 e. The first-order valence-corrected chi connectivity index (χ1v) is 9.16. The molecular weight excluding hydrogens is 350 g/mol. The molecule has 1 aromatic heterocycles. The standard InChI is InChI=1S/C23H21N3O2/c1-17-6-5-9-19(14-17)23-26-25-22(28-23)15-24-20-10-12-21(13-11-20)27-16-18-7-3-2-4-8-18/h2-14,24H,15-16H2,1H3. The van der Waals surface area contributed by atoms with E-state index >= 15 is 0 Å². The van der Waals surface area contributed by atoms with Crippen molar-refractivity contribution in [3.05, 3.63) is 95.9 Å². The highest BCUT2D eigenvalue weighted by atomic mass is 16.5. The fraction of sp³-hybridized carbons (Fsp3) is 0.130. The van der Waals surface area contributed by atoms with Crippen molar-refractivity contribution >= 4 is 5.69 Å². The van der Waals surface area contributed by atoms with E-state index in [4.69, 9.17) is 9.15 Å². The summed E-state index contributed by atoms with van der Waals surface area (Å²) in [5.41, 5.74) is 4.19. The number of nitrogens with one attached hydrogen (secondary N) is 1. The molecule has 0 unspecified atom stereocenters. The van der Waals surface area contributed by atoms with Crippen LogP contribution in [0, 0.1) is 6.92 Å². The summed E-state index contributed by atoms with van der Waals surface area (Å²) in [6.07, 6.45) is 0. The monoisotopic (exact) mass is 371 g/mol. The summed E-state index contributed by atoms with van der Waals surface area (Å²) < 4.78 is 11.6. The molecule has 0 bridgehead atoms. The number of hydrogen-bond acceptors (Lipinski definition) is 5. The Morgan fingerprint density at radius 1 is 0.893 bits per heavy atom. The van der Waals surface area contributed by atoms with Crippen LogP contribution in [0.5, 0.6) is 5.75 Å². The van der Waals surface area contributed by atoms with Crippen molar-refractivity contribution in [1.29, 1.82) is 0 Å². The second-order valence-electron chi connectivity index (χ2n) is 6.52. The number of ether oxygens (including phenoxy) is 1. The van der Waals surface area contributed by atoms with Gasteiger partial charge in [0.25, 0.3) is 0 Å². The minimum absolute atomic E-state index is 0.461. The molecule has 140 valence electrons.